The molecule has 0 spiro atoms. The van der Waals surface area contributed by atoms with Crippen molar-refractivity contribution in [3.63, 3.8) is 0 Å². The van der Waals surface area contributed by atoms with Crippen LogP contribution in [0.3, 0.4) is 0 Å². The summed E-state index contributed by atoms with van der Waals surface area (Å²) in [5.41, 5.74) is 1.91. The third-order valence-electron chi connectivity index (χ3n) is 4.18. The summed E-state index contributed by atoms with van der Waals surface area (Å²) < 4.78 is 0. The first-order valence-corrected chi connectivity index (χ1v) is 8.11. The van der Waals surface area contributed by atoms with E-state index in [0.29, 0.717) is 13.0 Å². The average molecular weight is 323 g/mol. The Kier molecular flexibility index (Phi) is 4.79. The molecule has 5 nitrogen and oxygen atoms in total. The van der Waals surface area contributed by atoms with Gasteiger partial charge in [-0.25, -0.2) is 4.79 Å². The number of nitrogens with one attached hydrogen (secondary N) is 2. The van der Waals surface area contributed by atoms with E-state index in [0.717, 1.165) is 11.3 Å². The number of hydrogen-bond acceptors (Lipinski definition) is 2. The Labute approximate surface area is 141 Å². The van der Waals surface area contributed by atoms with Crippen LogP contribution in [0.4, 0.5) is 10.5 Å². The van der Waals surface area contributed by atoms with Gasteiger partial charge >= 0.3 is 6.03 Å². The fraction of sp³-hybridized carbons (Fsp3) is 0.263. The Morgan fingerprint density at radius 1 is 1.08 bits per heavy atom. The molecule has 1 aliphatic heterocycles. The molecule has 2 N–H and O–H groups in total. The van der Waals surface area contributed by atoms with E-state index in [4.69, 9.17) is 0 Å². The van der Waals surface area contributed by atoms with Crippen LogP contribution in [0.5, 0.6) is 0 Å². The van der Waals surface area contributed by atoms with Crippen molar-refractivity contribution in [2.75, 3.05) is 11.4 Å². The molecule has 1 saturated heterocycles. The molecule has 1 fully saturated rings. The number of benzene rings is 2. The minimum Gasteiger partial charge on any atom is -0.333 e. The van der Waals surface area contributed by atoms with Crippen molar-refractivity contribution >= 4 is 17.6 Å². The Hall–Kier alpha value is -2.82. The van der Waals surface area contributed by atoms with Crippen LogP contribution in [0.2, 0.25) is 0 Å². The lowest BCUT2D eigenvalue weighted by Crippen LogP contribution is -2.44. The molecule has 2 aromatic carbocycles. The Bertz CT molecular complexity index is 703. The minimum atomic E-state index is -0.251. The van der Waals surface area contributed by atoms with Crippen molar-refractivity contribution in [1.29, 1.82) is 0 Å². The van der Waals surface area contributed by atoms with Gasteiger partial charge in [-0.15, -0.1) is 0 Å². The van der Waals surface area contributed by atoms with Gasteiger partial charge in [-0.2, -0.15) is 0 Å². The van der Waals surface area contributed by atoms with E-state index in [1.807, 2.05) is 67.6 Å². The third-order valence-corrected chi connectivity index (χ3v) is 4.18. The van der Waals surface area contributed by atoms with Gasteiger partial charge in [0.2, 0.25) is 5.91 Å². The maximum atomic E-state index is 12.2. The van der Waals surface area contributed by atoms with Crippen molar-refractivity contribution in [3.8, 4) is 0 Å². The highest BCUT2D eigenvalue weighted by molar-refractivity contribution is 5.96. The Morgan fingerprint density at radius 2 is 1.71 bits per heavy atom. The van der Waals surface area contributed by atoms with Crippen molar-refractivity contribution in [2.24, 2.45) is 0 Å². The second-order valence-electron chi connectivity index (χ2n) is 5.99. The van der Waals surface area contributed by atoms with Crippen LogP contribution in [-0.2, 0) is 4.79 Å². The smallest absolute Gasteiger partial charge is 0.315 e. The summed E-state index contributed by atoms with van der Waals surface area (Å²) in [5, 5.41) is 5.81. The highest BCUT2D eigenvalue weighted by Gasteiger charge is 2.31. The molecule has 124 valence electrons. The molecular weight excluding hydrogens is 302 g/mol. The first-order chi connectivity index (χ1) is 11.6. The van der Waals surface area contributed by atoms with E-state index >= 15 is 0 Å². The number of amides is 3. The molecule has 5 heteroatoms. The number of para-hydroxylation sites is 1. The number of hydrogen-bond donors (Lipinski definition) is 2. The minimum absolute atomic E-state index is 0.0302. The average Bonchev–Trinajstić information content (AvgIpc) is 2.96. The van der Waals surface area contributed by atoms with Crippen molar-refractivity contribution in [2.45, 2.75) is 25.4 Å². The third kappa shape index (κ3) is 3.74. The zero-order valence-corrected chi connectivity index (χ0v) is 13.6. The van der Waals surface area contributed by atoms with Gasteiger partial charge in [0.1, 0.15) is 0 Å². The van der Waals surface area contributed by atoms with Crippen LogP contribution in [0.25, 0.3) is 0 Å². The highest BCUT2D eigenvalue weighted by atomic mass is 16.2. The Morgan fingerprint density at radius 3 is 2.38 bits per heavy atom. The number of carbonyl (C=O) groups is 2. The van der Waals surface area contributed by atoms with E-state index < -0.39 is 0 Å². The molecular formula is C19H21N3O2. The molecule has 2 atom stereocenters. The number of rotatable bonds is 4. The fourth-order valence-corrected chi connectivity index (χ4v) is 2.91. The van der Waals surface area contributed by atoms with Gasteiger partial charge in [0.25, 0.3) is 0 Å². The number of carbonyl (C=O) groups excluding carboxylic acids is 2. The maximum absolute atomic E-state index is 12.2. The molecule has 0 bridgehead atoms. The first kappa shape index (κ1) is 16.1. The topological polar surface area (TPSA) is 61.4 Å². The van der Waals surface area contributed by atoms with E-state index in [1.54, 1.807) is 4.90 Å². The number of anilines is 1. The van der Waals surface area contributed by atoms with Crippen molar-refractivity contribution in [3.05, 3.63) is 66.2 Å². The second-order valence-corrected chi connectivity index (χ2v) is 5.99. The summed E-state index contributed by atoms with van der Waals surface area (Å²) in [7, 11) is 0. The van der Waals surface area contributed by atoms with Crippen LogP contribution in [0.15, 0.2) is 60.7 Å². The summed E-state index contributed by atoms with van der Waals surface area (Å²) >= 11 is 0. The molecule has 0 unspecified atom stereocenters. The zero-order chi connectivity index (χ0) is 16.9. The predicted octanol–water partition coefficient (Wildman–Crippen LogP) is 2.85. The lowest BCUT2D eigenvalue weighted by Gasteiger charge is -2.19. The lowest BCUT2D eigenvalue weighted by molar-refractivity contribution is -0.117. The highest BCUT2D eigenvalue weighted by Crippen LogP contribution is 2.21. The summed E-state index contributed by atoms with van der Waals surface area (Å²) in [6.45, 7) is 2.43. The fourth-order valence-electron chi connectivity index (χ4n) is 2.91. The SMILES string of the molecule is C[C@@H](NC(=O)N[C@H]1CC(=O)N(c2ccccc2)C1)c1ccccc1. The lowest BCUT2D eigenvalue weighted by atomic mass is 10.1. The predicted molar refractivity (Wildman–Crippen MR) is 93.7 cm³/mol. The van der Waals surface area contributed by atoms with E-state index in [9.17, 15) is 9.59 Å². The first-order valence-electron chi connectivity index (χ1n) is 8.11. The van der Waals surface area contributed by atoms with E-state index in [1.165, 1.54) is 0 Å². The molecule has 1 heterocycles. The summed E-state index contributed by atoms with van der Waals surface area (Å²) in [6, 6.07) is 18.8. The molecule has 3 rings (SSSR count). The van der Waals surface area contributed by atoms with Crippen molar-refractivity contribution < 1.29 is 9.59 Å². The monoisotopic (exact) mass is 323 g/mol. The van der Waals surface area contributed by atoms with Gasteiger partial charge in [0.15, 0.2) is 0 Å². The van der Waals surface area contributed by atoms with Gasteiger partial charge in [0.05, 0.1) is 12.1 Å². The zero-order valence-electron chi connectivity index (χ0n) is 13.6. The van der Waals surface area contributed by atoms with Gasteiger partial charge < -0.3 is 15.5 Å². The molecule has 0 radical (unpaired) electrons. The molecule has 0 aromatic heterocycles. The van der Waals surface area contributed by atoms with Gasteiger partial charge in [-0.3, -0.25) is 4.79 Å². The molecule has 0 aliphatic carbocycles. The molecule has 3 amide bonds. The van der Waals surface area contributed by atoms with Crippen LogP contribution in [-0.4, -0.2) is 24.5 Å². The van der Waals surface area contributed by atoms with Crippen LogP contribution >= 0.6 is 0 Å². The molecule has 0 saturated carbocycles. The normalized spacial score (nSPS) is 18.3. The van der Waals surface area contributed by atoms with Crippen LogP contribution in [0, 0.1) is 0 Å². The number of urea groups is 1. The van der Waals surface area contributed by atoms with Crippen LogP contribution in [0.1, 0.15) is 24.9 Å². The maximum Gasteiger partial charge on any atom is 0.315 e. The number of nitrogens with zero attached hydrogens (tertiary/aromatic N) is 1. The Balaban J connectivity index is 1.55. The van der Waals surface area contributed by atoms with Gasteiger partial charge in [-0.1, -0.05) is 48.5 Å². The largest absolute Gasteiger partial charge is 0.333 e. The van der Waals surface area contributed by atoms with Crippen molar-refractivity contribution in [1.82, 2.24) is 10.6 Å². The van der Waals surface area contributed by atoms with E-state index in [-0.39, 0.29) is 24.0 Å². The van der Waals surface area contributed by atoms with Gasteiger partial charge in [-0.05, 0) is 24.6 Å². The summed E-state index contributed by atoms with van der Waals surface area (Å²) in [5.74, 6) is 0.0302. The molecule has 1 aliphatic rings. The standard InChI is InChI=1S/C19H21N3O2/c1-14(15-8-4-2-5-9-15)20-19(24)21-16-12-18(23)22(13-16)17-10-6-3-7-11-17/h2-11,14,16H,12-13H2,1H3,(H2,20,21,24)/t14-,16+/m1/s1. The quantitative estimate of drug-likeness (QED) is 0.909. The summed E-state index contributed by atoms with van der Waals surface area (Å²) in [6.07, 6.45) is 0.321. The van der Waals surface area contributed by atoms with Crippen LogP contribution < -0.4 is 15.5 Å². The van der Waals surface area contributed by atoms with Gasteiger partial charge in [0, 0.05) is 18.7 Å². The molecule has 24 heavy (non-hydrogen) atoms. The molecule has 2 aromatic rings. The second kappa shape index (κ2) is 7.17. The summed E-state index contributed by atoms with van der Waals surface area (Å²) in [4.78, 5) is 26.1. The van der Waals surface area contributed by atoms with E-state index in [2.05, 4.69) is 10.6 Å².